The molecular formula is C20H29NO3. The van der Waals surface area contributed by atoms with Crippen LogP contribution in [0.5, 0.6) is 0 Å². The lowest BCUT2D eigenvalue weighted by atomic mass is 9.90. The van der Waals surface area contributed by atoms with Crippen LogP contribution in [0.15, 0.2) is 24.3 Å². The number of carbonyl (C=O) groups is 2. The molecule has 24 heavy (non-hydrogen) atoms. The normalized spacial score (nSPS) is 22.0. The molecular weight excluding hydrogens is 302 g/mol. The Balaban J connectivity index is 1.92. The van der Waals surface area contributed by atoms with Gasteiger partial charge in [-0.15, -0.1) is 0 Å². The molecule has 1 aromatic rings. The molecule has 1 amide bonds. The van der Waals surface area contributed by atoms with Crippen molar-refractivity contribution in [1.29, 1.82) is 0 Å². The molecule has 4 heteroatoms. The van der Waals surface area contributed by atoms with Gasteiger partial charge in [0.15, 0.2) is 0 Å². The first-order chi connectivity index (χ1) is 11.6. The van der Waals surface area contributed by atoms with Crippen LogP contribution in [0.1, 0.15) is 57.9 Å². The molecule has 0 bridgehead atoms. The molecule has 0 aromatic heterocycles. The Morgan fingerprint density at radius 1 is 1.17 bits per heavy atom. The van der Waals surface area contributed by atoms with E-state index in [2.05, 4.69) is 19.2 Å². The maximum Gasteiger partial charge on any atom is 0.309 e. The first kappa shape index (κ1) is 18.5. The SMILES string of the molecule is CCc1ccc(NC(=O)CC2CCC(CC)CCCOC2=O)cc1. The zero-order valence-electron chi connectivity index (χ0n) is 14.8. The molecule has 132 valence electrons. The fourth-order valence-electron chi connectivity index (χ4n) is 3.21. The van der Waals surface area contributed by atoms with Crippen LogP contribution in [-0.4, -0.2) is 18.5 Å². The minimum Gasteiger partial charge on any atom is -0.465 e. The van der Waals surface area contributed by atoms with Crippen LogP contribution in [-0.2, 0) is 20.7 Å². The van der Waals surface area contributed by atoms with Crippen LogP contribution >= 0.6 is 0 Å². The van der Waals surface area contributed by atoms with E-state index in [9.17, 15) is 9.59 Å². The Kier molecular flexibility index (Phi) is 7.29. The quantitative estimate of drug-likeness (QED) is 0.817. The number of nitrogens with one attached hydrogen (secondary N) is 1. The highest BCUT2D eigenvalue weighted by atomic mass is 16.5. The van der Waals surface area contributed by atoms with Crippen molar-refractivity contribution in [2.24, 2.45) is 11.8 Å². The molecule has 0 spiro atoms. The van der Waals surface area contributed by atoms with Gasteiger partial charge in [-0.2, -0.15) is 0 Å². The second-order valence-corrected chi connectivity index (χ2v) is 6.66. The summed E-state index contributed by atoms with van der Waals surface area (Å²) in [7, 11) is 0. The number of benzene rings is 1. The molecule has 2 rings (SSSR count). The fraction of sp³-hybridized carbons (Fsp3) is 0.600. The summed E-state index contributed by atoms with van der Waals surface area (Å²) in [6.45, 7) is 4.76. The minimum atomic E-state index is -0.327. The van der Waals surface area contributed by atoms with E-state index in [1.54, 1.807) is 0 Å². The molecule has 0 aliphatic carbocycles. The minimum absolute atomic E-state index is 0.117. The number of hydrogen-bond acceptors (Lipinski definition) is 3. The topological polar surface area (TPSA) is 55.4 Å². The third-order valence-electron chi connectivity index (χ3n) is 4.91. The molecule has 1 saturated heterocycles. The monoisotopic (exact) mass is 331 g/mol. The van der Waals surface area contributed by atoms with Crippen molar-refractivity contribution in [3.63, 3.8) is 0 Å². The molecule has 1 aromatic carbocycles. The van der Waals surface area contributed by atoms with E-state index >= 15 is 0 Å². The summed E-state index contributed by atoms with van der Waals surface area (Å²) in [6, 6.07) is 7.84. The van der Waals surface area contributed by atoms with Gasteiger partial charge in [0.25, 0.3) is 0 Å². The number of aryl methyl sites for hydroxylation is 1. The predicted molar refractivity (Wildman–Crippen MR) is 95.8 cm³/mol. The second kappa shape index (κ2) is 9.45. The zero-order valence-corrected chi connectivity index (χ0v) is 14.8. The number of ether oxygens (including phenoxy) is 1. The Morgan fingerprint density at radius 3 is 2.58 bits per heavy atom. The van der Waals surface area contributed by atoms with Gasteiger partial charge in [0, 0.05) is 12.1 Å². The molecule has 1 aliphatic rings. The number of rotatable bonds is 5. The maximum atomic E-state index is 12.3. The van der Waals surface area contributed by atoms with E-state index in [4.69, 9.17) is 4.74 Å². The van der Waals surface area contributed by atoms with Crippen LogP contribution in [0.2, 0.25) is 0 Å². The maximum absolute atomic E-state index is 12.3. The Morgan fingerprint density at radius 2 is 1.92 bits per heavy atom. The lowest BCUT2D eigenvalue weighted by Gasteiger charge is -2.16. The van der Waals surface area contributed by atoms with Crippen LogP contribution in [0.4, 0.5) is 5.69 Å². The number of esters is 1. The molecule has 1 aliphatic heterocycles. The van der Waals surface area contributed by atoms with Gasteiger partial charge in [-0.1, -0.05) is 32.4 Å². The van der Waals surface area contributed by atoms with Gasteiger partial charge in [-0.25, -0.2) is 0 Å². The molecule has 2 atom stereocenters. The third kappa shape index (κ3) is 5.66. The highest BCUT2D eigenvalue weighted by molar-refractivity contribution is 5.93. The number of amides is 1. The van der Waals surface area contributed by atoms with Gasteiger partial charge in [-0.3, -0.25) is 9.59 Å². The number of hydrogen-bond donors (Lipinski definition) is 1. The van der Waals surface area contributed by atoms with Crippen molar-refractivity contribution < 1.29 is 14.3 Å². The lowest BCUT2D eigenvalue weighted by molar-refractivity contribution is -0.150. The Hall–Kier alpha value is -1.84. The van der Waals surface area contributed by atoms with Crippen LogP contribution in [0.3, 0.4) is 0 Å². The van der Waals surface area contributed by atoms with E-state index in [0.29, 0.717) is 12.5 Å². The van der Waals surface area contributed by atoms with Crippen LogP contribution in [0, 0.1) is 11.8 Å². The summed E-state index contributed by atoms with van der Waals surface area (Å²) in [4.78, 5) is 24.5. The van der Waals surface area contributed by atoms with Gasteiger partial charge < -0.3 is 10.1 Å². The summed E-state index contributed by atoms with van der Waals surface area (Å²) in [5.74, 6) is -0.0320. The van der Waals surface area contributed by atoms with Crippen molar-refractivity contribution in [2.75, 3.05) is 11.9 Å². The molecule has 4 nitrogen and oxygen atoms in total. The van der Waals surface area contributed by atoms with E-state index in [1.165, 1.54) is 5.56 Å². The van der Waals surface area contributed by atoms with Crippen molar-refractivity contribution >= 4 is 17.6 Å². The standard InChI is InChI=1S/C20H29NO3/c1-3-15-6-5-13-24-20(23)17(10-7-15)14-19(22)21-18-11-8-16(4-2)9-12-18/h8-9,11-12,15,17H,3-7,10,13-14H2,1-2H3,(H,21,22). The van der Waals surface area contributed by atoms with Crippen molar-refractivity contribution in [2.45, 2.75) is 58.8 Å². The summed E-state index contributed by atoms with van der Waals surface area (Å²) in [5, 5.41) is 2.89. The number of cyclic esters (lactones) is 1. The second-order valence-electron chi connectivity index (χ2n) is 6.66. The van der Waals surface area contributed by atoms with E-state index < -0.39 is 0 Å². The van der Waals surface area contributed by atoms with E-state index in [1.807, 2.05) is 24.3 Å². The van der Waals surface area contributed by atoms with Crippen LogP contribution < -0.4 is 5.32 Å². The fourth-order valence-corrected chi connectivity index (χ4v) is 3.21. The van der Waals surface area contributed by atoms with Crippen LogP contribution in [0.25, 0.3) is 0 Å². The zero-order chi connectivity index (χ0) is 17.4. The van der Waals surface area contributed by atoms with E-state index in [-0.39, 0.29) is 24.2 Å². The Bertz CT molecular complexity index is 538. The Labute approximate surface area is 145 Å². The average Bonchev–Trinajstić information content (AvgIpc) is 2.67. The number of carbonyl (C=O) groups excluding carboxylic acids is 2. The highest BCUT2D eigenvalue weighted by Gasteiger charge is 2.25. The largest absolute Gasteiger partial charge is 0.465 e. The lowest BCUT2D eigenvalue weighted by Crippen LogP contribution is -2.24. The average molecular weight is 331 g/mol. The first-order valence-corrected chi connectivity index (χ1v) is 9.17. The van der Waals surface area contributed by atoms with Gasteiger partial charge >= 0.3 is 5.97 Å². The van der Waals surface area contributed by atoms with Crippen molar-refractivity contribution in [3.8, 4) is 0 Å². The summed E-state index contributed by atoms with van der Waals surface area (Å²) in [6.07, 6.45) is 6.05. The molecule has 0 radical (unpaired) electrons. The molecule has 1 heterocycles. The van der Waals surface area contributed by atoms with E-state index in [0.717, 1.165) is 44.2 Å². The summed E-state index contributed by atoms with van der Waals surface area (Å²) < 4.78 is 5.33. The van der Waals surface area contributed by atoms with Gasteiger partial charge in [0.05, 0.1) is 12.5 Å². The molecule has 2 unspecified atom stereocenters. The van der Waals surface area contributed by atoms with Crippen molar-refractivity contribution in [3.05, 3.63) is 29.8 Å². The van der Waals surface area contributed by atoms with Gasteiger partial charge in [0.2, 0.25) is 5.91 Å². The highest BCUT2D eigenvalue weighted by Crippen LogP contribution is 2.25. The molecule has 1 fully saturated rings. The van der Waals surface area contributed by atoms with Gasteiger partial charge in [0.1, 0.15) is 0 Å². The first-order valence-electron chi connectivity index (χ1n) is 9.17. The smallest absolute Gasteiger partial charge is 0.309 e. The summed E-state index contributed by atoms with van der Waals surface area (Å²) in [5.41, 5.74) is 2.01. The molecule has 1 N–H and O–H groups in total. The molecule has 0 saturated carbocycles. The third-order valence-corrected chi connectivity index (χ3v) is 4.91. The predicted octanol–water partition coefficient (Wildman–Crippen LogP) is 4.34. The van der Waals surface area contributed by atoms with Crippen molar-refractivity contribution in [1.82, 2.24) is 0 Å². The van der Waals surface area contributed by atoms with Gasteiger partial charge in [-0.05, 0) is 55.7 Å². The summed E-state index contributed by atoms with van der Waals surface area (Å²) >= 11 is 0. The number of anilines is 1.